The molecule has 14 nitrogen and oxygen atoms in total. The Morgan fingerprint density at radius 1 is 0.964 bits per heavy atom. The number of nitrogens with zero attached hydrogens (tertiary/aromatic N) is 6. The van der Waals surface area contributed by atoms with Gasteiger partial charge in [0, 0.05) is 100 Å². The van der Waals surface area contributed by atoms with E-state index < -0.39 is 5.91 Å². The van der Waals surface area contributed by atoms with Crippen molar-refractivity contribution in [2.75, 3.05) is 38.6 Å². The van der Waals surface area contributed by atoms with Gasteiger partial charge >= 0.3 is 0 Å². The fourth-order valence-electron chi connectivity index (χ4n) is 7.58. The summed E-state index contributed by atoms with van der Waals surface area (Å²) >= 11 is 13.9. The highest BCUT2D eigenvalue weighted by Crippen LogP contribution is 2.40. The molecule has 0 radical (unpaired) electrons. The van der Waals surface area contributed by atoms with Crippen molar-refractivity contribution in [2.45, 2.75) is 58.2 Å². The third-order valence-electron chi connectivity index (χ3n) is 10.7. The quantitative estimate of drug-likeness (QED) is 0.208. The Kier molecular flexibility index (Phi) is 11.4. The Hall–Kier alpha value is -5.05. The molecule has 288 valence electrons. The molecule has 3 N–H and O–H groups in total. The van der Waals surface area contributed by atoms with Gasteiger partial charge in [-0.1, -0.05) is 41.4 Å². The third-order valence-corrected chi connectivity index (χ3v) is 11.4. The Morgan fingerprint density at radius 2 is 1.76 bits per heavy atom. The number of methoxy groups -OCH3 is 1. The van der Waals surface area contributed by atoms with E-state index in [1.54, 1.807) is 61.0 Å². The van der Waals surface area contributed by atoms with Crippen molar-refractivity contribution in [3.05, 3.63) is 75.4 Å². The number of aromatic nitrogens is 4. The number of amides is 4. The summed E-state index contributed by atoms with van der Waals surface area (Å²) in [6.07, 6.45) is 4.84. The van der Waals surface area contributed by atoms with Gasteiger partial charge in [0.1, 0.15) is 0 Å². The summed E-state index contributed by atoms with van der Waals surface area (Å²) in [5.74, 6) is 0.249. The van der Waals surface area contributed by atoms with E-state index >= 15 is 0 Å². The zero-order chi connectivity index (χ0) is 38.8. The Morgan fingerprint density at radius 3 is 2.49 bits per heavy atom. The molecule has 0 unspecified atom stereocenters. The van der Waals surface area contributed by atoms with E-state index in [1.807, 2.05) is 17.0 Å². The molecule has 16 heteroatoms. The van der Waals surface area contributed by atoms with E-state index in [-0.39, 0.29) is 40.5 Å². The van der Waals surface area contributed by atoms with Crippen LogP contribution in [0.1, 0.15) is 60.2 Å². The summed E-state index contributed by atoms with van der Waals surface area (Å²) in [6, 6.07) is 10.9. The van der Waals surface area contributed by atoms with Crippen molar-refractivity contribution < 1.29 is 23.9 Å². The lowest BCUT2D eigenvalue weighted by molar-refractivity contribution is -0.140. The summed E-state index contributed by atoms with van der Waals surface area (Å²) in [6.45, 7) is 4.73. The minimum absolute atomic E-state index is 0.0330. The topological polar surface area (TPSA) is 164 Å². The number of pyridine rings is 2. The minimum atomic E-state index is -0.447. The monoisotopic (exact) mass is 787 g/mol. The van der Waals surface area contributed by atoms with Gasteiger partial charge in [0.05, 0.1) is 46.5 Å². The maximum atomic E-state index is 13.7. The van der Waals surface area contributed by atoms with Crippen LogP contribution in [0.5, 0.6) is 5.88 Å². The largest absolute Gasteiger partial charge is 0.481 e. The maximum Gasteiger partial charge on any atom is 0.291 e. The zero-order valence-electron chi connectivity index (χ0n) is 31.0. The number of nitrogens with one attached hydrogen (secondary N) is 3. The van der Waals surface area contributed by atoms with Crippen LogP contribution in [0.25, 0.3) is 22.5 Å². The second-order valence-corrected chi connectivity index (χ2v) is 14.9. The van der Waals surface area contributed by atoms with Gasteiger partial charge in [0.25, 0.3) is 5.91 Å². The van der Waals surface area contributed by atoms with Gasteiger partial charge in [-0.3, -0.25) is 24.2 Å². The van der Waals surface area contributed by atoms with Gasteiger partial charge in [-0.05, 0) is 37.5 Å². The molecule has 0 spiro atoms. The number of hydrogen-bond donors (Lipinski definition) is 3. The van der Waals surface area contributed by atoms with Gasteiger partial charge in [-0.2, -0.15) is 0 Å². The molecule has 0 aliphatic carbocycles. The Balaban J connectivity index is 1.04. The van der Waals surface area contributed by atoms with E-state index in [1.165, 1.54) is 0 Å². The van der Waals surface area contributed by atoms with Crippen molar-refractivity contribution >= 4 is 52.5 Å². The number of carbonyl (C=O) groups excluding carboxylic acids is 4. The molecule has 55 heavy (non-hydrogen) atoms. The molecule has 0 saturated carbocycles. The fraction of sp³-hybridized carbons (Fsp3) is 0.410. The molecule has 4 aromatic rings. The molecule has 3 aliphatic rings. The molecule has 2 fully saturated rings. The van der Waals surface area contributed by atoms with Crippen LogP contribution in [0, 0.1) is 5.92 Å². The molecule has 1 atom stereocenters. The standard InChI is InChI=1S/C39H43Cl2N9O5/c1-22(51)49-16-12-23(13-17-49)39(54)50-18-14-31-30(21-50)45-36(48(31)2)37(53)46-29-6-4-5-27(33(29)40)35-34(41)26(11-15-43-35)28-9-7-24(38(47-28)55-3)19-42-20-25-8-10-32(52)44-25/h4-7,9,11,15,23,25,42H,8,10,12-14,16-21H2,1-3H3,(H,44,52)(H,46,53)/t25-/m1/s1. The van der Waals surface area contributed by atoms with Crippen LogP contribution < -0.4 is 20.7 Å². The minimum Gasteiger partial charge on any atom is -0.481 e. The Bertz CT molecular complexity index is 2150. The molecule has 2 saturated heterocycles. The molecule has 7 rings (SSSR count). The summed E-state index contributed by atoms with van der Waals surface area (Å²) in [5, 5.41) is 9.81. The number of carbonyl (C=O) groups is 4. The Labute approximate surface area is 328 Å². The van der Waals surface area contributed by atoms with Gasteiger partial charge in [0.2, 0.25) is 23.6 Å². The molecule has 3 aliphatic heterocycles. The number of ether oxygens (including phenoxy) is 1. The third kappa shape index (κ3) is 8.03. The van der Waals surface area contributed by atoms with Crippen molar-refractivity contribution in [3.8, 4) is 28.4 Å². The first-order valence-electron chi connectivity index (χ1n) is 18.4. The number of halogens is 2. The van der Waals surface area contributed by atoms with Crippen LogP contribution in [-0.4, -0.2) is 92.3 Å². The SMILES string of the molecule is COc1nc(-c2ccnc(-c3cccc(NC(=O)c4nc5c(n4C)CCN(C(=O)C4CCN(C(C)=O)CC4)C5)c3Cl)c2Cl)ccc1CNC[C@H]1CCC(=O)N1. The van der Waals surface area contributed by atoms with Crippen LogP contribution in [-0.2, 0) is 40.9 Å². The number of benzene rings is 1. The lowest BCUT2D eigenvalue weighted by atomic mass is 9.94. The average Bonchev–Trinajstić information content (AvgIpc) is 3.77. The van der Waals surface area contributed by atoms with Gasteiger partial charge in [-0.15, -0.1) is 0 Å². The predicted octanol–water partition coefficient (Wildman–Crippen LogP) is 4.62. The first kappa shape index (κ1) is 38.2. The fourth-order valence-corrected chi connectivity index (χ4v) is 8.15. The normalized spacial score (nSPS) is 17.2. The van der Waals surface area contributed by atoms with Crippen molar-refractivity contribution in [1.82, 2.24) is 40.0 Å². The van der Waals surface area contributed by atoms with E-state index in [0.717, 1.165) is 17.7 Å². The lowest BCUT2D eigenvalue weighted by Crippen LogP contribution is -2.45. The summed E-state index contributed by atoms with van der Waals surface area (Å²) in [7, 11) is 3.36. The van der Waals surface area contributed by atoms with E-state index in [2.05, 4.69) is 25.9 Å². The van der Waals surface area contributed by atoms with Crippen LogP contribution in [0.3, 0.4) is 0 Å². The van der Waals surface area contributed by atoms with E-state index in [9.17, 15) is 19.2 Å². The van der Waals surface area contributed by atoms with Gasteiger partial charge < -0.3 is 35.1 Å². The number of hydrogen-bond acceptors (Lipinski definition) is 9. The molecule has 1 aromatic carbocycles. The molecular weight excluding hydrogens is 745 g/mol. The van der Waals surface area contributed by atoms with Crippen LogP contribution >= 0.6 is 23.2 Å². The molecule has 0 bridgehead atoms. The number of rotatable bonds is 10. The van der Waals surface area contributed by atoms with E-state index in [0.29, 0.717) is 110 Å². The zero-order valence-corrected chi connectivity index (χ0v) is 32.5. The van der Waals surface area contributed by atoms with Crippen LogP contribution in [0.15, 0.2) is 42.6 Å². The number of likely N-dealkylation sites (tertiary alicyclic amines) is 1. The van der Waals surface area contributed by atoms with Crippen molar-refractivity contribution in [3.63, 3.8) is 0 Å². The smallest absolute Gasteiger partial charge is 0.291 e. The summed E-state index contributed by atoms with van der Waals surface area (Å²) in [5.41, 5.74) is 4.93. The maximum absolute atomic E-state index is 13.7. The first-order valence-corrected chi connectivity index (χ1v) is 19.2. The van der Waals surface area contributed by atoms with Crippen molar-refractivity contribution in [2.24, 2.45) is 13.0 Å². The number of anilines is 1. The second-order valence-electron chi connectivity index (χ2n) is 14.1. The second kappa shape index (κ2) is 16.4. The number of fused-ring (bicyclic) bond motifs is 1. The first-order chi connectivity index (χ1) is 26.5. The lowest BCUT2D eigenvalue weighted by Gasteiger charge is -2.35. The van der Waals surface area contributed by atoms with Crippen LogP contribution in [0.2, 0.25) is 10.0 Å². The van der Waals surface area contributed by atoms with E-state index in [4.69, 9.17) is 32.9 Å². The number of piperidine rings is 1. The highest BCUT2D eigenvalue weighted by Gasteiger charge is 2.33. The average molecular weight is 789 g/mol. The molecule has 4 amide bonds. The number of imidazole rings is 1. The molecule has 6 heterocycles. The summed E-state index contributed by atoms with van der Waals surface area (Å²) < 4.78 is 7.39. The predicted molar refractivity (Wildman–Crippen MR) is 208 cm³/mol. The summed E-state index contributed by atoms with van der Waals surface area (Å²) in [4.78, 5) is 67.9. The van der Waals surface area contributed by atoms with Crippen molar-refractivity contribution in [1.29, 1.82) is 0 Å². The molecule has 3 aromatic heterocycles. The van der Waals surface area contributed by atoms with Crippen LogP contribution in [0.4, 0.5) is 5.69 Å². The van der Waals surface area contributed by atoms with Gasteiger partial charge in [0.15, 0.2) is 5.82 Å². The highest BCUT2D eigenvalue weighted by atomic mass is 35.5. The molecular formula is C39H43Cl2N9O5. The highest BCUT2D eigenvalue weighted by molar-refractivity contribution is 6.39. The van der Waals surface area contributed by atoms with Gasteiger partial charge in [-0.25, -0.2) is 9.97 Å².